The van der Waals surface area contributed by atoms with Crippen molar-refractivity contribution in [3.05, 3.63) is 75.0 Å². The number of hydrogen-bond acceptors (Lipinski definition) is 6. The van der Waals surface area contributed by atoms with Crippen LogP contribution in [-0.4, -0.2) is 54.1 Å². The molecule has 0 unspecified atom stereocenters. The number of aromatic nitrogens is 2. The number of likely N-dealkylation sites (tertiary alicyclic amines) is 1. The topological polar surface area (TPSA) is 79.4 Å². The van der Waals surface area contributed by atoms with Crippen LogP contribution in [0.15, 0.2) is 47.1 Å². The lowest BCUT2D eigenvalue weighted by atomic mass is 9.82. The summed E-state index contributed by atoms with van der Waals surface area (Å²) < 4.78 is 6.14. The molecule has 1 saturated heterocycles. The predicted octanol–water partition coefficient (Wildman–Crippen LogP) is 6.39. The standard InChI is InChI=1S/C32H40BrN5O2/c1-5-21-19-24(22-13-15-38(16-14-22)17-18-40-4)10-11-26(21)36-31-34-20-25(33)27(37-31)12-9-23-7-6-8-28-29(23)32(2,3)30(39)35-28/h6-8,10-11,19-20,22H,5,9,12-18H2,1-4H3,(H,35,39)(H,34,36,37). The number of nitrogens with one attached hydrogen (secondary N) is 2. The third-order valence-corrected chi connectivity index (χ3v) is 9.13. The number of carbonyl (C=O) groups excluding carboxylic acids is 1. The average molecular weight is 607 g/mol. The molecule has 3 heterocycles. The molecule has 0 aliphatic carbocycles. The first kappa shape index (κ1) is 28.7. The van der Waals surface area contributed by atoms with E-state index in [1.807, 2.05) is 32.2 Å². The molecular weight excluding hydrogens is 566 g/mol. The van der Waals surface area contributed by atoms with E-state index in [9.17, 15) is 4.79 Å². The summed E-state index contributed by atoms with van der Waals surface area (Å²) in [5.41, 5.74) is 7.37. The second-order valence-electron chi connectivity index (χ2n) is 11.4. The van der Waals surface area contributed by atoms with Crippen LogP contribution < -0.4 is 10.6 Å². The zero-order valence-corrected chi connectivity index (χ0v) is 25.6. The van der Waals surface area contributed by atoms with E-state index in [-0.39, 0.29) is 5.91 Å². The molecule has 2 aromatic carbocycles. The summed E-state index contributed by atoms with van der Waals surface area (Å²) in [6.07, 6.45) is 6.66. The van der Waals surface area contributed by atoms with Crippen molar-refractivity contribution in [2.24, 2.45) is 0 Å². The number of methoxy groups -OCH3 is 1. The highest BCUT2D eigenvalue weighted by Gasteiger charge is 2.39. The number of piperidine rings is 1. The molecule has 5 rings (SSSR count). The molecule has 1 amide bonds. The summed E-state index contributed by atoms with van der Waals surface area (Å²) in [5.74, 6) is 1.25. The van der Waals surface area contributed by atoms with Gasteiger partial charge in [-0.15, -0.1) is 0 Å². The van der Waals surface area contributed by atoms with Gasteiger partial charge in [-0.2, -0.15) is 0 Å². The number of amides is 1. The van der Waals surface area contributed by atoms with Crippen molar-refractivity contribution in [3.63, 3.8) is 0 Å². The molecule has 2 aliphatic heterocycles. The van der Waals surface area contributed by atoms with Gasteiger partial charge < -0.3 is 20.3 Å². The number of hydrogen-bond donors (Lipinski definition) is 2. The number of nitrogens with zero attached hydrogens (tertiary/aromatic N) is 3. The van der Waals surface area contributed by atoms with Gasteiger partial charge in [0.05, 0.1) is 22.2 Å². The van der Waals surface area contributed by atoms with Crippen LogP contribution in [0.2, 0.25) is 0 Å². The fourth-order valence-electron chi connectivity index (χ4n) is 6.05. The number of rotatable bonds is 10. The van der Waals surface area contributed by atoms with Gasteiger partial charge in [0.25, 0.3) is 0 Å². The minimum Gasteiger partial charge on any atom is -0.383 e. The smallest absolute Gasteiger partial charge is 0.234 e. The Morgan fingerprint density at radius 1 is 1.15 bits per heavy atom. The molecular formula is C32H40BrN5O2. The highest BCUT2D eigenvalue weighted by molar-refractivity contribution is 9.10. The van der Waals surface area contributed by atoms with E-state index in [2.05, 4.69) is 67.6 Å². The van der Waals surface area contributed by atoms with Crippen LogP contribution in [0.3, 0.4) is 0 Å². The fourth-order valence-corrected chi connectivity index (χ4v) is 6.44. The molecule has 0 saturated carbocycles. The predicted molar refractivity (Wildman–Crippen MR) is 165 cm³/mol. The number of ether oxygens (including phenoxy) is 1. The van der Waals surface area contributed by atoms with Crippen molar-refractivity contribution in [1.82, 2.24) is 14.9 Å². The van der Waals surface area contributed by atoms with Gasteiger partial charge in [0.15, 0.2) is 0 Å². The maximum absolute atomic E-state index is 12.5. The monoisotopic (exact) mass is 605 g/mol. The molecule has 2 N–H and O–H groups in total. The lowest BCUT2D eigenvalue weighted by Crippen LogP contribution is -2.35. The zero-order valence-electron chi connectivity index (χ0n) is 24.0. The molecule has 3 aromatic rings. The number of halogens is 1. The normalized spacial score (nSPS) is 17.1. The SMILES string of the molecule is CCc1cc(C2CCN(CCOC)CC2)ccc1Nc1ncc(Br)c(CCc2cccc3c2C(C)(C)C(=O)N3)n1. The van der Waals surface area contributed by atoms with Crippen LogP contribution >= 0.6 is 15.9 Å². The van der Waals surface area contributed by atoms with E-state index in [0.29, 0.717) is 11.9 Å². The van der Waals surface area contributed by atoms with E-state index < -0.39 is 5.41 Å². The molecule has 0 radical (unpaired) electrons. The first-order valence-electron chi connectivity index (χ1n) is 14.4. The Morgan fingerprint density at radius 2 is 1.95 bits per heavy atom. The largest absolute Gasteiger partial charge is 0.383 e. The highest BCUT2D eigenvalue weighted by Crippen LogP contribution is 2.40. The van der Waals surface area contributed by atoms with Gasteiger partial charge in [-0.05, 0) is 115 Å². The second kappa shape index (κ2) is 12.4. The van der Waals surface area contributed by atoms with Crippen LogP contribution in [0.5, 0.6) is 0 Å². The minimum atomic E-state index is -0.536. The van der Waals surface area contributed by atoms with E-state index >= 15 is 0 Å². The Morgan fingerprint density at radius 3 is 2.70 bits per heavy atom. The minimum absolute atomic E-state index is 0.0509. The van der Waals surface area contributed by atoms with Crippen molar-refractivity contribution in [1.29, 1.82) is 0 Å². The Kier molecular flexibility index (Phi) is 8.88. The third-order valence-electron chi connectivity index (χ3n) is 8.47. The van der Waals surface area contributed by atoms with Crippen molar-refractivity contribution in [3.8, 4) is 0 Å². The zero-order chi connectivity index (χ0) is 28.3. The highest BCUT2D eigenvalue weighted by atomic mass is 79.9. The second-order valence-corrected chi connectivity index (χ2v) is 12.3. The Labute approximate surface area is 246 Å². The van der Waals surface area contributed by atoms with Gasteiger partial charge in [-0.25, -0.2) is 9.97 Å². The van der Waals surface area contributed by atoms with Crippen LogP contribution in [0, 0.1) is 0 Å². The Balaban J connectivity index is 1.27. The van der Waals surface area contributed by atoms with Crippen molar-refractivity contribution >= 4 is 39.2 Å². The van der Waals surface area contributed by atoms with Crippen molar-refractivity contribution < 1.29 is 9.53 Å². The number of aryl methyl sites for hydroxylation is 3. The average Bonchev–Trinajstić information content (AvgIpc) is 3.20. The quantitative estimate of drug-likeness (QED) is 0.279. The molecule has 0 bridgehead atoms. The van der Waals surface area contributed by atoms with Crippen LogP contribution in [0.25, 0.3) is 0 Å². The number of fused-ring (bicyclic) bond motifs is 1. The third kappa shape index (κ3) is 6.09. The van der Waals surface area contributed by atoms with Crippen LogP contribution in [0.4, 0.5) is 17.3 Å². The van der Waals surface area contributed by atoms with Gasteiger partial charge in [0.1, 0.15) is 0 Å². The van der Waals surface area contributed by atoms with Crippen molar-refractivity contribution in [2.75, 3.05) is 44.0 Å². The number of carbonyl (C=O) groups is 1. The van der Waals surface area contributed by atoms with Crippen LogP contribution in [0.1, 0.15) is 67.5 Å². The van der Waals surface area contributed by atoms with Gasteiger partial charge in [-0.1, -0.05) is 31.2 Å². The maximum Gasteiger partial charge on any atom is 0.234 e. The lowest BCUT2D eigenvalue weighted by molar-refractivity contribution is -0.119. The van der Waals surface area contributed by atoms with E-state index in [4.69, 9.17) is 9.72 Å². The number of benzene rings is 2. The Hall–Kier alpha value is -2.81. The summed E-state index contributed by atoms with van der Waals surface area (Å²) in [4.78, 5) is 24.5. The summed E-state index contributed by atoms with van der Waals surface area (Å²) in [7, 11) is 1.77. The van der Waals surface area contributed by atoms with E-state index in [0.717, 1.165) is 72.6 Å². The first-order chi connectivity index (χ1) is 19.3. The van der Waals surface area contributed by atoms with Gasteiger partial charge in [-0.3, -0.25) is 4.79 Å². The summed E-state index contributed by atoms with van der Waals surface area (Å²) >= 11 is 3.65. The molecule has 1 fully saturated rings. The van der Waals surface area contributed by atoms with E-state index in [1.165, 1.54) is 29.5 Å². The molecule has 1 aromatic heterocycles. The van der Waals surface area contributed by atoms with Crippen LogP contribution in [-0.2, 0) is 34.2 Å². The molecule has 40 heavy (non-hydrogen) atoms. The maximum atomic E-state index is 12.5. The summed E-state index contributed by atoms with van der Waals surface area (Å²) in [6, 6.07) is 12.9. The molecule has 7 nitrogen and oxygen atoms in total. The molecule has 0 atom stereocenters. The molecule has 2 aliphatic rings. The molecule has 8 heteroatoms. The summed E-state index contributed by atoms with van der Waals surface area (Å²) in [5, 5.41) is 6.52. The van der Waals surface area contributed by atoms with E-state index in [1.54, 1.807) is 7.11 Å². The molecule has 212 valence electrons. The van der Waals surface area contributed by atoms with Crippen molar-refractivity contribution in [2.45, 2.75) is 64.2 Å². The lowest BCUT2D eigenvalue weighted by Gasteiger charge is -2.32. The van der Waals surface area contributed by atoms with Gasteiger partial charge >= 0.3 is 0 Å². The first-order valence-corrected chi connectivity index (χ1v) is 15.2. The fraction of sp³-hybridized carbons (Fsp3) is 0.469. The summed E-state index contributed by atoms with van der Waals surface area (Å²) in [6.45, 7) is 10.2. The number of anilines is 3. The Bertz CT molecular complexity index is 1370. The molecule has 0 spiro atoms. The van der Waals surface area contributed by atoms with Gasteiger partial charge in [0.2, 0.25) is 11.9 Å². The van der Waals surface area contributed by atoms with Gasteiger partial charge in [0, 0.05) is 31.2 Å².